The molecule has 1 N–H and O–H groups in total. The molecule has 1 aromatic carbocycles. The zero-order valence-electron chi connectivity index (χ0n) is 12.0. The first-order valence-corrected chi connectivity index (χ1v) is 7.07. The van der Waals surface area contributed by atoms with Gasteiger partial charge in [-0.2, -0.15) is 0 Å². The molecule has 1 aromatic rings. The van der Waals surface area contributed by atoms with Crippen LogP contribution in [0.25, 0.3) is 5.57 Å². The predicted molar refractivity (Wildman–Crippen MR) is 81.7 cm³/mol. The van der Waals surface area contributed by atoms with E-state index in [4.69, 9.17) is 0 Å². The highest BCUT2D eigenvalue weighted by Crippen LogP contribution is 2.46. The van der Waals surface area contributed by atoms with Gasteiger partial charge in [-0.1, -0.05) is 56.0 Å². The molecular formula is C18H24O. The molecule has 3 atom stereocenters. The highest BCUT2D eigenvalue weighted by molar-refractivity contribution is 5.71. The molecule has 1 nitrogen and oxygen atoms in total. The fourth-order valence-corrected chi connectivity index (χ4v) is 3.34. The van der Waals surface area contributed by atoms with Crippen molar-refractivity contribution in [1.29, 1.82) is 0 Å². The van der Waals surface area contributed by atoms with Gasteiger partial charge in [-0.3, -0.25) is 0 Å². The van der Waals surface area contributed by atoms with E-state index in [1.54, 1.807) is 0 Å². The normalized spacial score (nSPS) is 30.9. The summed E-state index contributed by atoms with van der Waals surface area (Å²) in [6.07, 6.45) is 2.93. The lowest BCUT2D eigenvalue weighted by molar-refractivity contribution is 0.00266. The summed E-state index contributed by atoms with van der Waals surface area (Å²) in [7, 11) is 0. The molecule has 2 rings (SSSR count). The van der Waals surface area contributed by atoms with Gasteiger partial charge >= 0.3 is 0 Å². The fourth-order valence-electron chi connectivity index (χ4n) is 3.34. The van der Waals surface area contributed by atoms with Crippen LogP contribution in [0, 0.1) is 11.8 Å². The molecule has 0 aromatic heterocycles. The average molecular weight is 256 g/mol. The van der Waals surface area contributed by atoms with Crippen molar-refractivity contribution < 1.29 is 5.11 Å². The zero-order chi connectivity index (χ0) is 14.0. The number of rotatable bonds is 3. The molecule has 0 bridgehead atoms. The molecule has 1 aliphatic rings. The van der Waals surface area contributed by atoms with Crippen molar-refractivity contribution in [2.45, 2.75) is 38.7 Å². The zero-order valence-corrected chi connectivity index (χ0v) is 12.0. The first kappa shape index (κ1) is 14.1. The van der Waals surface area contributed by atoms with Crippen LogP contribution in [-0.4, -0.2) is 10.7 Å². The van der Waals surface area contributed by atoms with Crippen LogP contribution >= 0.6 is 0 Å². The van der Waals surface area contributed by atoms with Crippen molar-refractivity contribution in [3.05, 3.63) is 54.6 Å². The Hall–Kier alpha value is -1.34. The maximum atomic E-state index is 11.2. The number of benzene rings is 1. The molecule has 102 valence electrons. The summed E-state index contributed by atoms with van der Waals surface area (Å²) >= 11 is 0. The minimum atomic E-state index is -0.842. The fraction of sp³-hybridized carbons (Fsp3) is 0.444. The van der Waals surface area contributed by atoms with Crippen molar-refractivity contribution in [1.82, 2.24) is 0 Å². The van der Waals surface area contributed by atoms with Gasteiger partial charge in [-0.25, -0.2) is 0 Å². The van der Waals surface area contributed by atoms with Gasteiger partial charge in [0.1, 0.15) is 0 Å². The Kier molecular flexibility index (Phi) is 3.96. The van der Waals surface area contributed by atoms with E-state index in [-0.39, 0.29) is 5.92 Å². The lowest BCUT2D eigenvalue weighted by Crippen LogP contribution is -2.44. The van der Waals surface area contributed by atoms with E-state index in [1.807, 2.05) is 37.3 Å². The van der Waals surface area contributed by atoms with Crippen LogP contribution in [-0.2, 0) is 0 Å². The van der Waals surface area contributed by atoms with Crippen LogP contribution in [0.1, 0.15) is 38.7 Å². The Bertz CT molecular complexity index is 474. The number of aliphatic hydroxyl groups is 1. The molecule has 0 spiro atoms. The molecule has 0 saturated heterocycles. The van der Waals surface area contributed by atoms with E-state index in [9.17, 15) is 5.11 Å². The molecule has 0 aliphatic heterocycles. The SMILES string of the molecule is C=C(C)[C@@H]1CC[C@@H](C)C[C@@]1(O)C(=C)c1ccccc1. The van der Waals surface area contributed by atoms with E-state index in [2.05, 4.69) is 20.1 Å². The van der Waals surface area contributed by atoms with Gasteiger partial charge in [0.05, 0.1) is 5.60 Å². The molecule has 0 amide bonds. The smallest absolute Gasteiger partial charge is 0.0963 e. The third kappa shape index (κ3) is 2.66. The molecule has 1 fully saturated rings. The second kappa shape index (κ2) is 5.34. The van der Waals surface area contributed by atoms with Crippen LogP contribution in [0.3, 0.4) is 0 Å². The van der Waals surface area contributed by atoms with Gasteiger partial charge in [0.15, 0.2) is 0 Å². The average Bonchev–Trinajstić information content (AvgIpc) is 2.38. The quantitative estimate of drug-likeness (QED) is 0.792. The van der Waals surface area contributed by atoms with Gasteiger partial charge in [0.25, 0.3) is 0 Å². The van der Waals surface area contributed by atoms with Crippen LogP contribution in [0.5, 0.6) is 0 Å². The Morgan fingerprint density at radius 3 is 2.42 bits per heavy atom. The maximum Gasteiger partial charge on any atom is 0.0963 e. The lowest BCUT2D eigenvalue weighted by atomic mass is 9.65. The topological polar surface area (TPSA) is 20.2 Å². The van der Waals surface area contributed by atoms with Crippen LogP contribution in [0.2, 0.25) is 0 Å². The second-order valence-corrected chi connectivity index (χ2v) is 6.05. The molecular weight excluding hydrogens is 232 g/mol. The minimum absolute atomic E-state index is 0.122. The summed E-state index contributed by atoms with van der Waals surface area (Å²) in [5.41, 5.74) is 2.09. The van der Waals surface area contributed by atoms with E-state index in [0.717, 1.165) is 36.0 Å². The summed E-state index contributed by atoms with van der Waals surface area (Å²) in [6.45, 7) is 12.5. The van der Waals surface area contributed by atoms with Gasteiger partial charge in [0, 0.05) is 5.92 Å². The van der Waals surface area contributed by atoms with Gasteiger partial charge < -0.3 is 5.11 Å². The van der Waals surface area contributed by atoms with Crippen LogP contribution < -0.4 is 0 Å². The summed E-state index contributed by atoms with van der Waals surface area (Å²) in [6, 6.07) is 10.0. The third-order valence-electron chi connectivity index (χ3n) is 4.42. The maximum absolute atomic E-state index is 11.2. The monoisotopic (exact) mass is 256 g/mol. The lowest BCUT2D eigenvalue weighted by Gasteiger charge is -2.44. The summed E-state index contributed by atoms with van der Waals surface area (Å²) in [5, 5.41) is 11.2. The minimum Gasteiger partial charge on any atom is -0.385 e. The van der Waals surface area contributed by atoms with Gasteiger partial charge in [-0.05, 0) is 43.2 Å². The Labute approximate surface area is 116 Å². The predicted octanol–water partition coefficient (Wildman–Crippen LogP) is 4.44. The van der Waals surface area contributed by atoms with E-state index < -0.39 is 5.60 Å². The van der Waals surface area contributed by atoms with E-state index in [0.29, 0.717) is 5.92 Å². The van der Waals surface area contributed by atoms with Crippen LogP contribution in [0.15, 0.2) is 49.1 Å². The van der Waals surface area contributed by atoms with Crippen molar-refractivity contribution in [2.75, 3.05) is 0 Å². The molecule has 1 aliphatic carbocycles. The molecule has 19 heavy (non-hydrogen) atoms. The summed E-state index contributed by atoms with van der Waals surface area (Å²) in [5.74, 6) is 0.650. The van der Waals surface area contributed by atoms with Crippen LogP contribution in [0.4, 0.5) is 0 Å². The van der Waals surface area contributed by atoms with E-state index in [1.165, 1.54) is 0 Å². The van der Waals surface area contributed by atoms with Crippen molar-refractivity contribution >= 4 is 5.57 Å². The first-order valence-electron chi connectivity index (χ1n) is 7.07. The van der Waals surface area contributed by atoms with Gasteiger partial charge in [0.2, 0.25) is 0 Å². The first-order chi connectivity index (χ1) is 8.95. The molecule has 0 unspecified atom stereocenters. The molecule has 0 radical (unpaired) electrons. The van der Waals surface area contributed by atoms with Crippen molar-refractivity contribution in [3.63, 3.8) is 0 Å². The highest BCUT2D eigenvalue weighted by atomic mass is 16.3. The highest BCUT2D eigenvalue weighted by Gasteiger charge is 2.43. The van der Waals surface area contributed by atoms with Crippen molar-refractivity contribution in [3.8, 4) is 0 Å². The summed E-state index contributed by atoms with van der Waals surface area (Å²) in [4.78, 5) is 0. The standard InChI is InChI=1S/C18H24O/c1-13(2)17-11-10-14(3)12-18(17,19)15(4)16-8-6-5-7-9-16/h5-9,14,17,19H,1,4,10-12H2,2-3H3/t14-,17+,18-/m1/s1. The van der Waals surface area contributed by atoms with E-state index >= 15 is 0 Å². The second-order valence-electron chi connectivity index (χ2n) is 6.05. The third-order valence-corrected chi connectivity index (χ3v) is 4.42. The number of hydrogen-bond donors (Lipinski definition) is 1. The number of hydrogen-bond acceptors (Lipinski definition) is 1. The van der Waals surface area contributed by atoms with Crippen molar-refractivity contribution in [2.24, 2.45) is 11.8 Å². The molecule has 1 saturated carbocycles. The largest absolute Gasteiger partial charge is 0.385 e. The van der Waals surface area contributed by atoms with Gasteiger partial charge in [-0.15, -0.1) is 0 Å². The Morgan fingerprint density at radius 2 is 1.84 bits per heavy atom. The molecule has 0 heterocycles. The Balaban J connectivity index is 2.36. The summed E-state index contributed by atoms with van der Waals surface area (Å²) < 4.78 is 0. The molecule has 1 heteroatoms. The Morgan fingerprint density at radius 1 is 1.21 bits per heavy atom.